The number of anilines is 1. The fourth-order valence-electron chi connectivity index (χ4n) is 2.39. The van der Waals surface area contributed by atoms with Crippen molar-refractivity contribution in [1.82, 2.24) is 15.5 Å². The van der Waals surface area contributed by atoms with Gasteiger partial charge in [0.05, 0.1) is 17.3 Å². The highest BCUT2D eigenvalue weighted by Gasteiger charge is 2.22. The van der Waals surface area contributed by atoms with Crippen molar-refractivity contribution in [2.24, 2.45) is 0 Å². The van der Waals surface area contributed by atoms with Crippen LogP contribution in [0.4, 0.5) is 10.5 Å². The van der Waals surface area contributed by atoms with Crippen LogP contribution in [0.5, 0.6) is 0 Å². The number of urea groups is 1. The standard InChI is InChI=1S/C17H18N4O/c1-17(2,13-6-4-3-5-7-13)20-16(22)19-14-9-8-12-11-18-21-15(12)10-14/h3-11H,1-2H3,(H,18,21)(H2,19,20,22). The van der Waals surface area contributed by atoms with Crippen LogP contribution in [-0.2, 0) is 5.54 Å². The Labute approximate surface area is 128 Å². The lowest BCUT2D eigenvalue weighted by Crippen LogP contribution is -2.43. The van der Waals surface area contributed by atoms with Crippen LogP contribution in [-0.4, -0.2) is 16.2 Å². The second-order valence-electron chi connectivity index (χ2n) is 5.74. The smallest absolute Gasteiger partial charge is 0.319 e. The van der Waals surface area contributed by atoms with E-state index in [0.29, 0.717) is 0 Å². The number of hydrogen-bond acceptors (Lipinski definition) is 2. The Bertz CT molecular complexity index is 793. The summed E-state index contributed by atoms with van der Waals surface area (Å²) in [6.07, 6.45) is 1.75. The number of amides is 2. The van der Waals surface area contributed by atoms with Gasteiger partial charge in [0.1, 0.15) is 0 Å². The SMILES string of the molecule is CC(C)(NC(=O)Nc1ccc2cn[nH]c2c1)c1ccccc1. The van der Waals surface area contributed by atoms with E-state index in [-0.39, 0.29) is 6.03 Å². The monoisotopic (exact) mass is 294 g/mol. The lowest BCUT2D eigenvalue weighted by molar-refractivity contribution is 0.242. The van der Waals surface area contributed by atoms with E-state index in [0.717, 1.165) is 22.2 Å². The number of benzene rings is 2. The molecule has 22 heavy (non-hydrogen) atoms. The molecule has 0 atom stereocenters. The van der Waals surface area contributed by atoms with Gasteiger partial charge in [0.15, 0.2) is 0 Å². The quantitative estimate of drug-likeness (QED) is 0.690. The zero-order valence-electron chi connectivity index (χ0n) is 12.6. The van der Waals surface area contributed by atoms with Gasteiger partial charge in [-0.05, 0) is 37.6 Å². The molecule has 2 aromatic carbocycles. The van der Waals surface area contributed by atoms with Gasteiger partial charge in [-0.3, -0.25) is 5.10 Å². The average Bonchev–Trinajstić information content (AvgIpc) is 2.95. The van der Waals surface area contributed by atoms with Gasteiger partial charge in [-0.25, -0.2) is 4.79 Å². The Balaban J connectivity index is 1.71. The zero-order valence-corrected chi connectivity index (χ0v) is 12.6. The van der Waals surface area contributed by atoms with E-state index in [4.69, 9.17) is 0 Å². The summed E-state index contributed by atoms with van der Waals surface area (Å²) in [6.45, 7) is 3.94. The van der Waals surface area contributed by atoms with Crippen LogP contribution in [0.15, 0.2) is 54.7 Å². The summed E-state index contributed by atoms with van der Waals surface area (Å²) in [5.74, 6) is 0. The summed E-state index contributed by atoms with van der Waals surface area (Å²) in [6, 6.07) is 15.3. The predicted octanol–water partition coefficient (Wildman–Crippen LogP) is 3.62. The van der Waals surface area contributed by atoms with Gasteiger partial charge in [-0.1, -0.05) is 30.3 Å². The van der Waals surface area contributed by atoms with Crippen LogP contribution < -0.4 is 10.6 Å². The van der Waals surface area contributed by atoms with Gasteiger partial charge in [0.25, 0.3) is 0 Å². The number of nitrogens with zero attached hydrogens (tertiary/aromatic N) is 1. The average molecular weight is 294 g/mol. The van der Waals surface area contributed by atoms with E-state index in [1.54, 1.807) is 6.20 Å². The Morgan fingerprint density at radius 2 is 1.91 bits per heavy atom. The van der Waals surface area contributed by atoms with E-state index < -0.39 is 5.54 Å². The molecule has 0 unspecified atom stereocenters. The highest BCUT2D eigenvalue weighted by Crippen LogP contribution is 2.20. The molecule has 3 aromatic rings. The molecule has 0 radical (unpaired) electrons. The first kappa shape index (κ1) is 14.1. The third-order valence-corrected chi connectivity index (χ3v) is 3.62. The predicted molar refractivity (Wildman–Crippen MR) is 87.7 cm³/mol. The molecule has 0 saturated heterocycles. The number of carbonyl (C=O) groups is 1. The molecule has 5 heteroatoms. The summed E-state index contributed by atoms with van der Waals surface area (Å²) in [5.41, 5.74) is 2.20. The Kier molecular flexibility index (Phi) is 3.55. The normalized spacial score (nSPS) is 11.4. The van der Waals surface area contributed by atoms with Gasteiger partial charge in [0, 0.05) is 11.1 Å². The van der Waals surface area contributed by atoms with Crippen molar-refractivity contribution in [2.75, 3.05) is 5.32 Å². The molecule has 0 aliphatic heterocycles. The molecule has 0 saturated carbocycles. The van der Waals surface area contributed by atoms with E-state index in [9.17, 15) is 4.79 Å². The second kappa shape index (κ2) is 5.52. The number of rotatable bonds is 3. The maximum atomic E-state index is 12.2. The van der Waals surface area contributed by atoms with Crippen LogP contribution in [0, 0.1) is 0 Å². The largest absolute Gasteiger partial charge is 0.329 e. The molecule has 5 nitrogen and oxygen atoms in total. The lowest BCUT2D eigenvalue weighted by Gasteiger charge is -2.27. The molecule has 0 fully saturated rings. The number of fused-ring (bicyclic) bond motifs is 1. The fourth-order valence-corrected chi connectivity index (χ4v) is 2.39. The Hall–Kier alpha value is -2.82. The van der Waals surface area contributed by atoms with Gasteiger partial charge >= 0.3 is 6.03 Å². The topological polar surface area (TPSA) is 69.8 Å². The van der Waals surface area contributed by atoms with Crippen molar-refractivity contribution in [3.63, 3.8) is 0 Å². The number of H-pyrrole nitrogens is 1. The van der Waals surface area contributed by atoms with E-state index in [1.165, 1.54) is 0 Å². The van der Waals surface area contributed by atoms with Crippen molar-refractivity contribution >= 4 is 22.6 Å². The Morgan fingerprint density at radius 3 is 2.68 bits per heavy atom. The summed E-state index contributed by atoms with van der Waals surface area (Å²) < 4.78 is 0. The van der Waals surface area contributed by atoms with Crippen molar-refractivity contribution in [3.8, 4) is 0 Å². The summed E-state index contributed by atoms with van der Waals surface area (Å²) in [4.78, 5) is 12.2. The fraction of sp³-hybridized carbons (Fsp3) is 0.176. The van der Waals surface area contributed by atoms with E-state index in [2.05, 4.69) is 20.8 Å². The molecule has 0 spiro atoms. The first-order chi connectivity index (χ1) is 10.5. The van der Waals surface area contributed by atoms with Crippen LogP contribution in [0.1, 0.15) is 19.4 Å². The van der Waals surface area contributed by atoms with E-state index in [1.807, 2.05) is 62.4 Å². The maximum absolute atomic E-state index is 12.2. The van der Waals surface area contributed by atoms with Crippen LogP contribution in [0.2, 0.25) is 0 Å². The van der Waals surface area contributed by atoms with Crippen LogP contribution in [0.3, 0.4) is 0 Å². The molecule has 2 amide bonds. The molecular weight excluding hydrogens is 276 g/mol. The molecule has 1 heterocycles. The molecule has 3 rings (SSSR count). The van der Waals surface area contributed by atoms with Gasteiger partial charge in [-0.15, -0.1) is 0 Å². The molecule has 0 aliphatic carbocycles. The molecule has 112 valence electrons. The zero-order chi connectivity index (χ0) is 15.6. The van der Waals surface area contributed by atoms with Gasteiger partial charge in [0.2, 0.25) is 0 Å². The first-order valence-corrected chi connectivity index (χ1v) is 7.12. The first-order valence-electron chi connectivity index (χ1n) is 7.12. The molecule has 0 bridgehead atoms. The molecule has 0 aliphatic rings. The summed E-state index contributed by atoms with van der Waals surface area (Å²) in [5, 5.41) is 13.7. The third kappa shape index (κ3) is 2.93. The Morgan fingerprint density at radius 1 is 1.14 bits per heavy atom. The minimum atomic E-state index is -0.455. The number of carbonyl (C=O) groups excluding carboxylic acids is 1. The van der Waals surface area contributed by atoms with Crippen molar-refractivity contribution in [1.29, 1.82) is 0 Å². The van der Waals surface area contributed by atoms with Crippen molar-refractivity contribution in [3.05, 3.63) is 60.3 Å². The highest BCUT2D eigenvalue weighted by molar-refractivity contribution is 5.92. The highest BCUT2D eigenvalue weighted by atomic mass is 16.2. The maximum Gasteiger partial charge on any atom is 0.319 e. The number of hydrogen-bond donors (Lipinski definition) is 3. The minimum Gasteiger partial charge on any atom is -0.329 e. The third-order valence-electron chi connectivity index (χ3n) is 3.62. The van der Waals surface area contributed by atoms with Gasteiger partial charge in [-0.2, -0.15) is 5.10 Å². The van der Waals surface area contributed by atoms with Crippen molar-refractivity contribution < 1.29 is 4.79 Å². The molecular formula is C17H18N4O. The van der Waals surface area contributed by atoms with Crippen LogP contribution >= 0.6 is 0 Å². The minimum absolute atomic E-state index is 0.243. The van der Waals surface area contributed by atoms with Crippen LogP contribution in [0.25, 0.3) is 10.9 Å². The summed E-state index contributed by atoms with van der Waals surface area (Å²) in [7, 11) is 0. The van der Waals surface area contributed by atoms with Crippen molar-refractivity contribution in [2.45, 2.75) is 19.4 Å². The second-order valence-corrected chi connectivity index (χ2v) is 5.74. The lowest BCUT2D eigenvalue weighted by atomic mass is 9.95. The summed E-state index contributed by atoms with van der Waals surface area (Å²) >= 11 is 0. The van der Waals surface area contributed by atoms with Gasteiger partial charge < -0.3 is 10.6 Å². The number of nitrogens with one attached hydrogen (secondary N) is 3. The van der Waals surface area contributed by atoms with E-state index >= 15 is 0 Å². The number of aromatic amines is 1. The number of aromatic nitrogens is 2. The molecule has 3 N–H and O–H groups in total. The molecule has 1 aromatic heterocycles.